The molecule has 1 rings (SSSR count). The molecule has 2 nitrogen and oxygen atoms in total. The Bertz CT molecular complexity index is 309. The molecule has 0 amide bonds. The van der Waals surface area contributed by atoms with Crippen molar-refractivity contribution in [3.8, 4) is 0 Å². The van der Waals surface area contributed by atoms with Crippen LogP contribution in [0.15, 0.2) is 11.4 Å². The summed E-state index contributed by atoms with van der Waals surface area (Å²) in [5.41, 5.74) is 1.34. The molecule has 0 radical (unpaired) electrons. The molecule has 14 heavy (non-hydrogen) atoms. The van der Waals surface area contributed by atoms with Gasteiger partial charge >= 0.3 is 0 Å². The first-order valence-corrected chi connectivity index (χ1v) is 7.26. The molecule has 1 aromatic rings. The highest BCUT2D eigenvalue weighted by molar-refractivity contribution is 7.84. The standard InChI is InChI=1S/C10H17NOS2/c1-8-4-5-13-10(8)6-11-9(2)7-14(3)12/h4-5,9,11H,6-7H2,1-3H3. The average molecular weight is 231 g/mol. The van der Waals surface area contributed by atoms with Crippen molar-refractivity contribution in [2.75, 3.05) is 12.0 Å². The Kier molecular flexibility index (Phi) is 4.78. The van der Waals surface area contributed by atoms with E-state index in [1.54, 1.807) is 17.6 Å². The maximum absolute atomic E-state index is 11.0. The van der Waals surface area contributed by atoms with Gasteiger partial charge in [0.2, 0.25) is 0 Å². The Morgan fingerprint density at radius 3 is 2.86 bits per heavy atom. The Labute approximate surface area is 92.2 Å². The van der Waals surface area contributed by atoms with Crippen LogP contribution in [-0.4, -0.2) is 22.3 Å². The van der Waals surface area contributed by atoms with Crippen LogP contribution in [0, 0.1) is 6.92 Å². The number of hydrogen-bond donors (Lipinski definition) is 1. The van der Waals surface area contributed by atoms with E-state index in [9.17, 15) is 4.21 Å². The predicted molar refractivity (Wildman–Crippen MR) is 64.3 cm³/mol. The van der Waals surface area contributed by atoms with Gasteiger partial charge in [0.15, 0.2) is 0 Å². The summed E-state index contributed by atoms with van der Waals surface area (Å²) in [7, 11) is -0.708. The van der Waals surface area contributed by atoms with Gasteiger partial charge in [-0.15, -0.1) is 11.3 Å². The van der Waals surface area contributed by atoms with Gasteiger partial charge in [-0.2, -0.15) is 0 Å². The van der Waals surface area contributed by atoms with Gasteiger partial charge in [-0.1, -0.05) is 0 Å². The maximum Gasteiger partial charge on any atom is 0.0383 e. The van der Waals surface area contributed by atoms with Crippen LogP contribution in [0.1, 0.15) is 17.4 Å². The summed E-state index contributed by atoms with van der Waals surface area (Å²) < 4.78 is 11.0. The molecular formula is C10H17NOS2. The highest BCUT2D eigenvalue weighted by Crippen LogP contribution is 2.14. The lowest BCUT2D eigenvalue weighted by molar-refractivity contribution is 0.590. The molecule has 0 saturated carbocycles. The molecule has 0 fully saturated rings. The van der Waals surface area contributed by atoms with Crippen molar-refractivity contribution in [1.82, 2.24) is 5.32 Å². The van der Waals surface area contributed by atoms with Crippen LogP contribution in [0.5, 0.6) is 0 Å². The average Bonchev–Trinajstić information content (AvgIpc) is 2.46. The van der Waals surface area contributed by atoms with Crippen LogP contribution in [0.25, 0.3) is 0 Å². The monoisotopic (exact) mass is 231 g/mol. The second kappa shape index (κ2) is 5.63. The molecule has 4 heteroatoms. The van der Waals surface area contributed by atoms with E-state index in [1.807, 2.05) is 0 Å². The van der Waals surface area contributed by atoms with Crippen LogP contribution >= 0.6 is 11.3 Å². The molecule has 2 atom stereocenters. The van der Waals surface area contributed by atoms with Crippen molar-refractivity contribution in [3.63, 3.8) is 0 Å². The number of aryl methyl sites for hydroxylation is 1. The second-order valence-electron chi connectivity index (χ2n) is 3.55. The molecule has 80 valence electrons. The minimum atomic E-state index is -0.708. The fraction of sp³-hybridized carbons (Fsp3) is 0.600. The van der Waals surface area contributed by atoms with Crippen LogP contribution < -0.4 is 5.32 Å². The molecule has 0 aliphatic carbocycles. The zero-order chi connectivity index (χ0) is 10.6. The van der Waals surface area contributed by atoms with Gasteiger partial charge in [-0.05, 0) is 30.9 Å². The fourth-order valence-corrected chi connectivity index (χ4v) is 2.94. The Morgan fingerprint density at radius 2 is 2.36 bits per heavy atom. The first-order chi connectivity index (χ1) is 6.59. The third-order valence-electron chi connectivity index (χ3n) is 2.06. The predicted octanol–water partition coefficient (Wildman–Crippen LogP) is 1.91. The first-order valence-electron chi connectivity index (χ1n) is 4.66. The largest absolute Gasteiger partial charge is 0.308 e. The zero-order valence-corrected chi connectivity index (χ0v) is 10.5. The molecule has 0 saturated heterocycles. The molecule has 0 aromatic carbocycles. The van der Waals surface area contributed by atoms with Gasteiger partial charge in [0.05, 0.1) is 0 Å². The quantitative estimate of drug-likeness (QED) is 0.839. The molecule has 0 aliphatic heterocycles. The van der Waals surface area contributed by atoms with Gasteiger partial charge in [-0.25, -0.2) is 0 Å². The first kappa shape index (κ1) is 11.9. The third kappa shape index (κ3) is 3.90. The van der Waals surface area contributed by atoms with E-state index in [-0.39, 0.29) is 0 Å². The smallest absolute Gasteiger partial charge is 0.0383 e. The van der Waals surface area contributed by atoms with Gasteiger partial charge in [0.1, 0.15) is 0 Å². The van der Waals surface area contributed by atoms with E-state index in [0.29, 0.717) is 6.04 Å². The molecule has 2 unspecified atom stereocenters. The number of rotatable bonds is 5. The van der Waals surface area contributed by atoms with Crippen molar-refractivity contribution in [2.24, 2.45) is 0 Å². The molecule has 1 heterocycles. The van der Waals surface area contributed by atoms with E-state index in [1.165, 1.54) is 10.4 Å². The van der Waals surface area contributed by atoms with E-state index >= 15 is 0 Å². The van der Waals surface area contributed by atoms with Crippen molar-refractivity contribution >= 4 is 22.1 Å². The summed E-state index contributed by atoms with van der Waals surface area (Å²) in [6, 6.07) is 2.45. The Morgan fingerprint density at radius 1 is 1.64 bits per heavy atom. The second-order valence-corrected chi connectivity index (χ2v) is 6.03. The van der Waals surface area contributed by atoms with Crippen molar-refractivity contribution in [2.45, 2.75) is 26.4 Å². The SMILES string of the molecule is Cc1ccsc1CNC(C)CS(C)=O. The van der Waals surface area contributed by atoms with Crippen molar-refractivity contribution in [3.05, 3.63) is 21.9 Å². The van der Waals surface area contributed by atoms with Crippen LogP contribution in [0.3, 0.4) is 0 Å². The van der Waals surface area contributed by atoms with Crippen LogP contribution in [0.2, 0.25) is 0 Å². The normalized spacial score (nSPS) is 15.4. The van der Waals surface area contributed by atoms with Gasteiger partial charge in [0, 0.05) is 40.3 Å². The lowest BCUT2D eigenvalue weighted by atomic mass is 10.3. The van der Waals surface area contributed by atoms with E-state index in [4.69, 9.17) is 0 Å². The molecule has 0 bridgehead atoms. The van der Waals surface area contributed by atoms with Gasteiger partial charge in [0.25, 0.3) is 0 Å². The lowest BCUT2D eigenvalue weighted by Gasteiger charge is -2.11. The Balaban J connectivity index is 2.34. The van der Waals surface area contributed by atoms with Crippen molar-refractivity contribution < 1.29 is 4.21 Å². The van der Waals surface area contributed by atoms with Gasteiger partial charge < -0.3 is 5.32 Å². The van der Waals surface area contributed by atoms with Gasteiger partial charge in [-0.3, -0.25) is 4.21 Å². The van der Waals surface area contributed by atoms with E-state index < -0.39 is 10.8 Å². The summed E-state index contributed by atoms with van der Waals surface area (Å²) in [6.45, 7) is 5.09. The lowest BCUT2D eigenvalue weighted by Crippen LogP contribution is -2.30. The zero-order valence-electron chi connectivity index (χ0n) is 8.87. The highest BCUT2D eigenvalue weighted by atomic mass is 32.2. The van der Waals surface area contributed by atoms with Crippen molar-refractivity contribution in [1.29, 1.82) is 0 Å². The third-order valence-corrected chi connectivity index (χ3v) is 4.06. The Hall–Kier alpha value is -0.190. The summed E-state index contributed by atoms with van der Waals surface area (Å²) in [4.78, 5) is 1.37. The molecular weight excluding hydrogens is 214 g/mol. The molecule has 1 aromatic heterocycles. The van der Waals surface area contributed by atoms with Crippen LogP contribution in [-0.2, 0) is 17.3 Å². The molecule has 1 N–H and O–H groups in total. The summed E-state index contributed by atoms with van der Waals surface area (Å²) in [5, 5.41) is 5.48. The van der Waals surface area contributed by atoms with Crippen LogP contribution in [0.4, 0.5) is 0 Å². The molecule has 0 aliphatic rings. The number of nitrogens with one attached hydrogen (secondary N) is 1. The van der Waals surface area contributed by atoms with E-state index in [2.05, 4.69) is 30.6 Å². The minimum Gasteiger partial charge on any atom is -0.308 e. The van der Waals surface area contributed by atoms with E-state index in [0.717, 1.165) is 12.3 Å². The minimum absolute atomic E-state index is 0.322. The summed E-state index contributed by atoms with van der Waals surface area (Å²) in [6.07, 6.45) is 1.74. The number of hydrogen-bond acceptors (Lipinski definition) is 3. The summed E-state index contributed by atoms with van der Waals surface area (Å²) in [5.74, 6) is 0.727. The topological polar surface area (TPSA) is 29.1 Å². The maximum atomic E-state index is 11.0. The highest BCUT2D eigenvalue weighted by Gasteiger charge is 2.05. The summed E-state index contributed by atoms with van der Waals surface area (Å²) >= 11 is 1.77. The molecule has 0 spiro atoms. The fourth-order valence-electron chi connectivity index (χ4n) is 1.26. The number of thiophene rings is 1.